The van der Waals surface area contributed by atoms with E-state index in [1.54, 1.807) is 10.9 Å². The van der Waals surface area contributed by atoms with Crippen LogP contribution in [-0.2, 0) is 0 Å². The summed E-state index contributed by atoms with van der Waals surface area (Å²) in [6.45, 7) is 0. The minimum atomic E-state index is 0.318. The highest BCUT2D eigenvalue weighted by molar-refractivity contribution is 5.24. The maximum atomic E-state index is 8.61. The summed E-state index contributed by atoms with van der Waals surface area (Å²) >= 11 is 0. The molecule has 2 heterocycles. The second-order valence-electron chi connectivity index (χ2n) is 3.83. The van der Waals surface area contributed by atoms with Crippen LogP contribution in [0.1, 0.15) is 30.1 Å². The van der Waals surface area contributed by atoms with Crippen LogP contribution < -0.4 is 0 Å². The summed E-state index contributed by atoms with van der Waals surface area (Å²) in [6.07, 6.45) is 7.35. The Kier molecular flexibility index (Phi) is 1.93. The van der Waals surface area contributed by atoms with Crippen molar-refractivity contribution in [3.63, 3.8) is 0 Å². The average Bonchev–Trinajstić information content (AvgIpc) is 3.08. The first-order chi connectivity index (χ1) is 7.86. The lowest BCUT2D eigenvalue weighted by Gasteiger charge is -1.98. The molecule has 0 N–H and O–H groups in total. The van der Waals surface area contributed by atoms with Gasteiger partial charge >= 0.3 is 0 Å². The van der Waals surface area contributed by atoms with Crippen LogP contribution in [-0.4, -0.2) is 19.7 Å². The molecule has 5 heteroatoms. The van der Waals surface area contributed by atoms with Crippen LogP contribution in [0.4, 0.5) is 0 Å². The number of nitrogens with zero attached hydrogens (tertiary/aromatic N) is 5. The van der Waals surface area contributed by atoms with E-state index in [0.29, 0.717) is 17.4 Å². The Balaban J connectivity index is 1.92. The fraction of sp³-hybridized carbons (Fsp3) is 0.273. The first-order valence-electron chi connectivity index (χ1n) is 5.15. The molecule has 0 saturated heterocycles. The maximum absolute atomic E-state index is 8.61. The Labute approximate surface area is 92.4 Å². The second-order valence-corrected chi connectivity index (χ2v) is 3.83. The van der Waals surface area contributed by atoms with Crippen LogP contribution in [0.5, 0.6) is 0 Å². The van der Waals surface area contributed by atoms with Crippen molar-refractivity contribution in [2.45, 2.75) is 18.8 Å². The highest BCUT2D eigenvalue weighted by Crippen LogP contribution is 2.38. The van der Waals surface area contributed by atoms with Crippen LogP contribution in [0.15, 0.2) is 24.7 Å². The quantitative estimate of drug-likeness (QED) is 0.753. The molecular weight excluding hydrogens is 202 g/mol. The molecule has 3 rings (SSSR count). The summed E-state index contributed by atoms with van der Waals surface area (Å²) in [4.78, 5) is 8.09. The Bertz CT molecular complexity index is 544. The number of nitriles is 1. The van der Waals surface area contributed by atoms with Crippen molar-refractivity contribution in [3.05, 3.63) is 36.0 Å². The minimum absolute atomic E-state index is 0.318. The predicted molar refractivity (Wildman–Crippen MR) is 55.8 cm³/mol. The van der Waals surface area contributed by atoms with Crippen molar-refractivity contribution in [1.29, 1.82) is 5.26 Å². The molecule has 1 fully saturated rings. The summed E-state index contributed by atoms with van der Waals surface area (Å²) in [5, 5.41) is 13.0. The topological polar surface area (TPSA) is 67.4 Å². The second kappa shape index (κ2) is 3.42. The normalized spacial score (nSPS) is 14.7. The molecule has 0 spiro atoms. The Morgan fingerprint density at radius 1 is 1.31 bits per heavy atom. The number of hydrogen-bond donors (Lipinski definition) is 0. The van der Waals surface area contributed by atoms with Gasteiger partial charge in [0.25, 0.3) is 0 Å². The Hall–Kier alpha value is -2.22. The van der Waals surface area contributed by atoms with Crippen molar-refractivity contribution >= 4 is 0 Å². The average molecular weight is 211 g/mol. The van der Waals surface area contributed by atoms with Crippen LogP contribution in [0.2, 0.25) is 0 Å². The van der Waals surface area contributed by atoms with Crippen molar-refractivity contribution in [3.8, 4) is 11.9 Å². The Morgan fingerprint density at radius 3 is 2.81 bits per heavy atom. The Morgan fingerprint density at radius 2 is 2.19 bits per heavy atom. The van der Waals surface area contributed by atoms with Gasteiger partial charge in [-0.25, -0.2) is 14.6 Å². The highest BCUT2D eigenvalue weighted by atomic mass is 15.3. The SMILES string of the molecule is N#Cc1cnc(-n2ccc(C3CC3)n2)cn1. The summed E-state index contributed by atoms with van der Waals surface area (Å²) in [5.41, 5.74) is 1.43. The fourth-order valence-corrected chi connectivity index (χ4v) is 1.56. The number of hydrogen-bond acceptors (Lipinski definition) is 4. The first-order valence-corrected chi connectivity index (χ1v) is 5.15. The molecule has 2 aromatic heterocycles. The van der Waals surface area contributed by atoms with E-state index in [9.17, 15) is 0 Å². The van der Waals surface area contributed by atoms with Crippen LogP contribution in [0, 0.1) is 11.3 Å². The molecule has 78 valence electrons. The van der Waals surface area contributed by atoms with E-state index in [-0.39, 0.29) is 0 Å². The fourth-order valence-electron chi connectivity index (χ4n) is 1.56. The van der Waals surface area contributed by atoms with Crippen LogP contribution in [0.3, 0.4) is 0 Å². The minimum Gasteiger partial charge on any atom is -0.240 e. The summed E-state index contributed by atoms with van der Waals surface area (Å²) in [5.74, 6) is 1.28. The molecule has 1 aliphatic carbocycles. The van der Waals surface area contributed by atoms with Crippen LogP contribution in [0.25, 0.3) is 5.82 Å². The molecule has 0 amide bonds. The summed E-state index contributed by atoms with van der Waals surface area (Å²) in [7, 11) is 0. The number of rotatable bonds is 2. The summed E-state index contributed by atoms with van der Waals surface area (Å²) < 4.78 is 1.70. The molecule has 0 radical (unpaired) electrons. The van der Waals surface area contributed by atoms with E-state index in [2.05, 4.69) is 15.1 Å². The van der Waals surface area contributed by atoms with E-state index >= 15 is 0 Å². The molecule has 0 atom stereocenters. The molecular formula is C11H9N5. The van der Waals surface area contributed by atoms with Gasteiger partial charge < -0.3 is 0 Å². The lowest BCUT2D eigenvalue weighted by molar-refractivity contribution is 0.805. The third kappa shape index (κ3) is 1.54. The first kappa shape index (κ1) is 9.04. The van der Waals surface area contributed by atoms with E-state index in [0.717, 1.165) is 5.69 Å². The van der Waals surface area contributed by atoms with Gasteiger partial charge in [0, 0.05) is 12.1 Å². The zero-order valence-corrected chi connectivity index (χ0v) is 8.54. The zero-order valence-electron chi connectivity index (χ0n) is 8.54. The molecule has 1 aliphatic rings. The van der Waals surface area contributed by atoms with Crippen molar-refractivity contribution in [2.24, 2.45) is 0 Å². The molecule has 1 saturated carbocycles. The predicted octanol–water partition coefficient (Wildman–Crippen LogP) is 1.41. The standard InChI is InChI=1S/C11H9N5/c12-5-9-6-14-11(7-13-9)16-4-3-10(15-16)8-1-2-8/h3-4,6-8H,1-2H2. The van der Waals surface area contributed by atoms with Gasteiger partial charge in [0.2, 0.25) is 0 Å². The van der Waals surface area contributed by atoms with Gasteiger partial charge in [0.1, 0.15) is 6.07 Å². The smallest absolute Gasteiger partial charge is 0.171 e. The van der Waals surface area contributed by atoms with Crippen molar-refractivity contribution in [1.82, 2.24) is 19.7 Å². The molecule has 2 aromatic rings. The van der Waals surface area contributed by atoms with Gasteiger partial charge in [0.15, 0.2) is 11.5 Å². The van der Waals surface area contributed by atoms with E-state index in [1.165, 1.54) is 19.0 Å². The van der Waals surface area contributed by atoms with Gasteiger partial charge in [-0.1, -0.05) is 0 Å². The lowest BCUT2D eigenvalue weighted by Crippen LogP contribution is -2.00. The molecule has 0 unspecified atom stereocenters. The van der Waals surface area contributed by atoms with Gasteiger partial charge in [-0.15, -0.1) is 0 Å². The molecule has 0 aromatic carbocycles. The van der Waals surface area contributed by atoms with Gasteiger partial charge in [0.05, 0.1) is 18.1 Å². The van der Waals surface area contributed by atoms with E-state index in [1.807, 2.05) is 18.3 Å². The molecule has 5 nitrogen and oxygen atoms in total. The maximum Gasteiger partial charge on any atom is 0.171 e. The monoisotopic (exact) mass is 211 g/mol. The zero-order chi connectivity index (χ0) is 11.0. The molecule has 16 heavy (non-hydrogen) atoms. The largest absolute Gasteiger partial charge is 0.240 e. The van der Waals surface area contributed by atoms with Crippen molar-refractivity contribution in [2.75, 3.05) is 0 Å². The van der Waals surface area contributed by atoms with E-state index in [4.69, 9.17) is 5.26 Å². The van der Waals surface area contributed by atoms with Gasteiger partial charge in [-0.3, -0.25) is 0 Å². The third-order valence-electron chi connectivity index (χ3n) is 2.59. The number of aromatic nitrogens is 4. The van der Waals surface area contributed by atoms with Crippen LogP contribution >= 0.6 is 0 Å². The summed E-state index contributed by atoms with van der Waals surface area (Å²) in [6, 6.07) is 3.95. The van der Waals surface area contributed by atoms with Crippen molar-refractivity contribution < 1.29 is 0 Å². The molecule has 0 bridgehead atoms. The van der Waals surface area contributed by atoms with E-state index < -0.39 is 0 Å². The van der Waals surface area contributed by atoms with Gasteiger partial charge in [-0.05, 0) is 18.9 Å². The highest BCUT2D eigenvalue weighted by Gasteiger charge is 2.25. The van der Waals surface area contributed by atoms with Gasteiger partial charge in [-0.2, -0.15) is 10.4 Å². The molecule has 0 aliphatic heterocycles. The third-order valence-corrected chi connectivity index (χ3v) is 2.59. The lowest BCUT2D eigenvalue weighted by atomic mass is 10.3.